The maximum Gasteiger partial charge on any atom is 0.251 e. The fraction of sp³-hybridized carbons (Fsp3) is 0.167. The van der Waals surface area contributed by atoms with Gasteiger partial charge in [-0.25, -0.2) is 0 Å². The van der Waals surface area contributed by atoms with Gasteiger partial charge in [-0.15, -0.1) is 0 Å². The van der Waals surface area contributed by atoms with E-state index in [1.54, 1.807) is 0 Å². The number of hydrogen-bond acceptors (Lipinski definition) is 1. The molecule has 20 heavy (non-hydrogen) atoms. The van der Waals surface area contributed by atoms with Gasteiger partial charge in [0.1, 0.15) is 0 Å². The Hall–Kier alpha value is -2.35. The molecule has 0 spiro atoms. The van der Waals surface area contributed by atoms with Crippen LogP contribution in [0, 0.1) is 0 Å². The molecule has 0 saturated carbocycles. The second-order valence-electron chi connectivity index (χ2n) is 4.65. The average molecular weight is 265 g/mol. The molecule has 0 fully saturated rings. The first-order valence-electron chi connectivity index (χ1n) is 6.91. The van der Waals surface area contributed by atoms with E-state index in [0.29, 0.717) is 0 Å². The molecule has 1 amide bonds. The number of carbonyl (C=O) groups excluding carboxylic acids is 1. The maximum atomic E-state index is 12.3. The van der Waals surface area contributed by atoms with Gasteiger partial charge in [-0.1, -0.05) is 61.9 Å². The molecule has 0 aromatic heterocycles. The van der Waals surface area contributed by atoms with E-state index >= 15 is 0 Å². The molecule has 2 nitrogen and oxygen atoms in total. The maximum absolute atomic E-state index is 12.3. The quantitative estimate of drug-likeness (QED) is 0.792. The van der Waals surface area contributed by atoms with Gasteiger partial charge in [-0.2, -0.15) is 0 Å². The first kappa shape index (κ1) is 14.1. The predicted molar refractivity (Wildman–Crippen MR) is 84.4 cm³/mol. The van der Waals surface area contributed by atoms with Crippen LogP contribution in [0.3, 0.4) is 0 Å². The fourth-order valence-corrected chi connectivity index (χ4v) is 2.00. The second-order valence-corrected chi connectivity index (χ2v) is 4.65. The summed E-state index contributed by atoms with van der Waals surface area (Å²) in [6, 6.07) is 19.5. The summed E-state index contributed by atoms with van der Waals surface area (Å²) < 4.78 is 0. The van der Waals surface area contributed by atoms with Crippen molar-refractivity contribution < 1.29 is 4.79 Å². The Morgan fingerprint density at radius 3 is 2.20 bits per heavy atom. The van der Waals surface area contributed by atoms with Gasteiger partial charge in [0.25, 0.3) is 5.91 Å². The molecule has 0 aliphatic carbocycles. The first-order chi connectivity index (χ1) is 9.79. The summed E-state index contributed by atoms with van der Waals surface area (Å²) in [5.41, 5.74) is 2.69. The van der Waals surface area contributed by atoms with Crippen LogP contribution in [0.15, 0.2) is 66.2 Å². The highest BCUT2D eigenvalue weighted by molar-refractivity contribution is 6.06. The molecule has 2 aromatic carbocycles. The fourth-order valence-electron chi connectivity index (χ4n) is 2.00. The van der Waals surface area contributed by atoms with Crippen LogP contribution in [0.4, 0.5) is 5.69 Å². The lowest BCUT2D eigenvalue weighted by atomic mass is 10.1. The summed E-state index contributed by atoms with van der Waals surface area (Å²) in [5.74, 6) is -0.0260. The van der Waals surface area contributed by atoms with E-state index in [1.807, 2.05) is 66.7 Å². The van der Waals surface area contributed by atoms with E-state index in [2.05, 4.69) is 12.2 Å². The average Bonchev–Trinajstić information content (AvgIpc) is 2.49. The number of nitrogens with one attached hydrogen (secondary N) is 1. The number of rotatable bonds is 5. The van der Waals surface area contributed by atoms with E-state index in [1.165, 1.54) is 0 Å². The summed E-state index contributed by atoms with van der Waals surface area (Å²) in [7, 11) is 0. The minimum atomic E-state index is -0.0260. The number of benzene rings is 2. The molecule has 0 radical (unpaired) electrons. The van der Waals surface area contributed by atoms with Gasteiger partial charge in [-0.3, -0.25) is 4.79 Å². The van der Waals surface area contributed by atoms with Crippen LogP contribution >= 0.6 is 0 Å². The van der Waals surface area contributed by atoms with Gasteiger partial charge in [0.15, 0.2) is 0 Å². The van der Waals surface area contributed by atoms with E-state index < -0.39 is 0 Å². The third-order valence-corrected chi connectivity index (χ3v) is 2.98. The Morgan fingerprint density at radius 1 is 1.00 bits per heavy atom. The molecule has 2 aromatic rings. The Kier molecular flexibility index (Phi) is 5.13. The van der Waals surface area contributed by atoms with Crippen LogP contribution in [-0.2, 0) is 4.79 Å². The van der Waals surface area contributed by atoms with Gasteiger partial charge in [-0.05, 0) is 30.2 Å². The van der Waals surface area contributed by atoms with Crippen molar-refractivity contribution in [3.63, 3.8) is 0 Å². The predicted octanol–water partition coefficient (Wildman–Crippen LogP) is 4.51. The Labute approximate surface area is 120 Å². The van der Waals surface area contributed by atoms with Crippen molar-refractivity contribution >= 4 is 17.7 Å². The molecule has 0 atom stereocenters. The smallest absolute Gasteiger partial charge is 0.251 e. The number of hydrogen-bond donors (Lipinski definition) is 1. The van der Waals surface area contributed by atoms with Crippen LogP contribution in [0.5, 0.6) is 0 Å². The van der Waals surface area contributed by atoms with Crippen molar-refractivity contribution in [3.05, 3.63) is 71.8 Å². The zero-order valence-corrected chi connectivity index (χ0v) is 11.7. The van der Waals surface area contributed by atoms with E-state index in [4.69, 9.17) is 0 Å². The zero-order chi connectivity index (χ0) is 14.2. The van der Waals surface area contributed by atoms with E-state index in [-0.39, 0.29) is 5.91 Å². The molecule has 0 bridgehead atoms. The number of anilines is 1. The van der Waals surface area contributed by atoms with Crippen molar-refractivity contribution in [2.45, 2.75) is 19.8 Å². The molecule has 0 saturated heterocycles. The highest BCUT2D eigenvalue weighted by Crippen LogP contribution is 2.15. The van der Waals surface area contributed by atoms with E-state index in [0.717, 1.165) is 29.7 Å². The van der Waals surface area contributed by atoms with Crippen molar-refractivity contribution in [1.29, 1.82) is 0 Å². The lowest BCUT2D eigenvalue weighted by Gasteiger charge is -2.08. The summed E-state index contributed by atoms with van der Waals surface area (Å²) >= 11 is 0. The lowest BCUT2D eigenvalue weighted by Crippen LogP contribution is -2.14. The van der Waals surface area contributed by atoms with Crippen molar-refractivity contribution in [3.8, 4) is 0 Å². The summed E-state index contributed by atoms with van der Waals surface area (Å²) in [5, 5.41) is 2.94. The van der Waals surface area contributed by atoms with Gasteiger partial charge < -0.3 is 5.32 Å². The molecule has 2 heteroatoms. The number of para-hydroxylation sites is 1. The lowest BCUT2D eigenvalue weighted by molar-refractivity contribution is -0.112. The molecule has 102 valence electrons. The van der Waals surface area contributed by atoms with Crippen LogP contribution in [0.25, 0.3) is 6.08 Å². The highest BCUT2D eigenvalue weighted by atomic mass is 16.1. The van der Waals surface area contributed by atoms with Gasteiger partial charge in [0, 0.05) is 11.3 Å². The van der Waals surface area contributed by atoms with E-state index in [9.17, 15) is 4.79 Å². The second kappa shape index (κ2) is 7.29. The summed E-state index contributed by atoms with van der Waals surface area (Å²) in [4.78, 5) is 12.3. The molecule has 0 aliphatic heterocycles. The largest absolute Gasteiger partial charge is 0.322 e. The first-order valence-corrected chi connectivity index (χ1v) is 6.91. The van der Waals surface area contributed by atoms with Gasteiger partial charge >= 0.3 is 0 Å². The number of carbonyl (C=O) groups is 1. The zero-order valence-electron chi connectivity index (χ0n) is 11.7. The standard InChI is InChI=1S/C18H19NO/c1-2-9-16(14-15-10-5-3-6-11-15)18(20)19-17-12-7-4-8-13-17/h3-8,10-14H,2,9H2,1H3,(H,19,20). The summed E-state index contributed by atoms with van der Waals surface area (Å²) in [6.45, 7) is 2.08. The molecule has 2 rings (SSSR count). The summed E-state index contributed by atoms with van der Waals surface area (Å²) in [6.07, 6.45) is 3.68. The van der Waals surface area contributed by atoms with Crippen molar-refractivity contribution in [2.24, 2.45) is 0 Å². The molecular formula is C18H19NO. The highest BCUT2D eigenvalue weighted by Gasteiger charge is 2.08. The normalized spacial score (nSPS) is 11.2. The van der Waals surface area contributed by atoms with Crippen molar-refractivity contribution in [2.75, 3.05) is 5.32 Å². The molecular weight excluding hydrogens is 246 g/mol. The van der Waals surface area contributed by atoms with Gasteiger partial charge in [0.2, 0.25) is 0 Å². The Morgan fingerprint density at radius 2 is 1.60 bits per heavy atom. The molecule has 0 unspecified atom stereocenters. The Balaban J connectivity index is 2.16. The SMILES string of the molecule is CCCC(=Cc1ccccc1)C(=O)Nc1ccccc1. The monoisotopic (exact) mass is 265 g/mol. The van der Waals surface area contributed by atoms with Crippen LogP contribution < -0.4 is 5.32 Å². The third-order valence-electron chi connectivity index (χ3n) is 2.98. The van der Waals surface area contributed by atoms with Gasteiger partial charge in [0.05, 0.1) is 0 Å². The number of amides is 1. The van der Waals surface area contributed by atoms with Crippen LogP contribution in [0.1, 0.15) is 25.3 Å². The Bertz CT molecular complexity index is 573. The minimum Gasteiger partial charge on any atom is -0.322 e. The molecule has 0 heterocycles. The molecule has 0 aliphatic rings. The topological polar surface area (TPSA) is 29.1 Å². The third kappa shape index (κ3) is 4.09. The van der Waals surface area contributed by atoms with Crippen LogP contribution in [-0.4, -0.2) is 5.91 Å². The minimum absolute atomic E-state index is 0.0260. The van der Waals surface area contributed by atoms with Crippen LogP contribution in [0.2, 0.25) is 0 Å². The molecule has 1 N–H and O–H groups in total. The van der Waals surface area contributed by atoms with Crippen molar-refractivity contribution in [1.82, 2.24) is 0 Å².